The fraction of sp³-hybridized carbons (Fsp3) is 0.409. The molecule has 0 aliphatic carbocycles. The molecular formula is C22H25N5O4. The van der Waals surface area contributed by atoms with E-state index < -0.39 is 0 Å². The number of carbonyl (C=O) groups is 1. The molecule has 1 amide bonds. The number of anilines is 1. The van der Waals surface area contributed by atoms with Crippen molar-refractivity contribution in [1.82, 2.24) is 19.9 Å². The molecule has 31 heavy (non-hydrogen) atoms. The largest absolute Gasteiger partial charge is 0.497 e. The quantitative estimate of drug-likeness (QED) is 0.672. The topological polar surface area (TPSA) is 92.8 Å². The van der Waals surface area contributed by atoms with Crippen molar-refractivity contribution in [3.8, 4) is 11.6 Å². The van der Waals surface area contributed by atoms with Crippen LogP contribution in [-0.4, -0.2) is 78.4 Å². The number of fused-ring (bicyclic) bond motifs is 1. The van der Waals surface area contributed by atoms with Crippen LogP contribution < -0.4 is 14.4 Å². The van der Waals surface area contributed by atoms with Gasteiger partial charge in [-0.25, -0.2) is 9.97 Å². The molecule has 2 aromatic heterocycles. The zero-order valence-electron chi connectivity index (χ0n) is 17.4. The number of likely N-dealkylation sites (tertiary alicyclic amines) is 1. The van der Waals surface area contributed by atoms with Crippen LogP contribution in [0.3, 0.4) is 0 Å². The fourth-order valence-electron chi connectivity index (χ4n) is 4.06. The summed E-state index contributed by atoms with van der Waals surface area (Å²) in [6.07, 6.45) is 2.19. The van der Waals surface area contributed by atoms with Gasteiger partial charge in [0, 0.05) is 49.1 Å². The first-order chi connectivity index (χ1) is 15.2. The summed E-state index contributed by atoms with van der Waals surface area (Å²) in [5, 5.41) is 0.979. The van der Waals surface area contributed by atoms with Gasteiger partial charge < -0.3 is 29.0 Å². The van der Waals surface area contributed by atoms with Crippen molar-refractivity contribution in [1.29, 1.82) is 0 Å². The van der Waals surface area contributed by atoms with E-state index in [0.29, 0.717) is 37.9 Å². The van der Waals surface area contributed by atoms with Crippen molar-refractivity contribution in [2.45, 2.75) is 12.5 Å². The summed E-state index contributed by atoms with van der Waals surface area (Å²) in [7, 11) is 1.63. The van der Waals surface area contributed by atoms with Gasteiger partial charge >= 0.3 is 0 Å². The summed E-state index contributed by atoms with van der Waals surface area (Å²) in [4.78, 5) is 28.8. The third-order valence-electron chi connectivity index (χ3n) is 5.74. The lowest BCUT2D eigenvalue weighted by Gasteiger charge is -2.27. The third-order valence-corrected chi connectivity index (χ3v) is 5.74. The van der Waals surface area contributed by atoms with Gasteiger partial charge in [-0.05, 0) is 18.2 Å². The first-order valence-electron chi connectivity index (χ1n) is 10.5. The predicted molar refractivity (Wildman–Crippen MR) is 115 cm³/mol. The molecule has 2 aliphatic rings. The van der Waals surface area contributed by atoms with E-state index in [-0.39, 0.29) is 12.0 Å². The van der Waals surface area contributed by atoms with E-state index in [9.17, 15) is 4.79 Å². The molecule has 1 aromatic carbocycles. The lowest BCUT2D eigenvalue weighted by atomic mass is 10.2. The Morgan fingerprint density at radius 1 is 1.16 bits per heavy atom. The van der Waals surface area contributed by atoms with E-state index in [4.69, 9.17) is 14.2 Å². The summed E-state index contributed by atoms with van der Waals surface area (Å²) >= 11 is 0. The Hall–Kier alpha value is -3.33. The minimum Gasteiger partial charge on any atom is -0.497 e. The normalized spacial score (nSPS) is 19.1. The maximum Gasteiger partial charge on any atom is 0.270 e. The summed E-state index contributed by atoms with van der Waals surface area (Å²) in [5.41, 5.74) is 1.45. The Kier molecular flexibility index (Phi) is 5.33. The summed E-state index contributed by atoms with van der Waals surface area (Å²) < 4.78 is 16.7. The molecule has 1 N–H and O–H groups in total. The zero-order valence-corrected chi connectivity index (χ0v) is 17.4. The maximum absolute atomic E-state index is 13.0. The molecule has 1 unspecified atom stereocenters. The monoisotopic (exact) mass is 423 g/mol. The highest BCUT2D eigenvalue weighted by molar-refractivity contribution is 5.98. The standard InChI is InChI=1S/C22H25N5O4/c1-29-16-3-2-15-10-19(25-18(15)11-16)22(28)27-5-4-17(13-27)31-21-12-20(23-14-24-21)26-6-8-30-9-7-26/h2-3,10-12,14,17,25H,4-9,13H2,1H3. The summed E-state index contributed by atoms with van der Waals surface area (Å²) in [5.74, 6) is 2.10. The van der Waals surface area contributed by atoms with Crippen LogP contribution in [0.4, 0.5) is 5.82 Å². The highest BCUT2D eigenvalue weighted by Crippen LogP contribution is 2.24. The number of hydrogen-bond acceptors (Lipinski definition) is 7. The number of morpholine rings is 1. The Balaban J connectivity index is 1.23. The van der Waals surface area contributed by atoms with Crippen molar-refractivity contribution >= 4 is 22.6 Å². The number of ether oxygens (including phenoxy) is 3. The summed E-state index contributed by atoms with van der Waals surface area (Å²) in [6.45, 7) is 4.16. The first-order valence-corrected chi connectivity index (χ1v) is 10.5. The lowest BCUT2D eigenvalue weighted by Crippen LogP contribution is -2.36. The fourth-order valence-corrected chi connectivity index (χ4v) is 4.06. The van der Waals surface area contributed by atoms with E-state index in [1.807, 2.05) is 35.2 Å². The number of hydrogen-bond donors (Lipinski definition) is 1. The molecule has 5 rings (SSSR count). The Morgan fingerprint density at radius 2 is 2.03 bits per heavy atom. The van der Waals surface area contributed by atoms with Crippen LogP contribution in [-0.2, 0) is 4.74 Å². The number of nitrogens with one attached hydrogen (secondary N) is 1. The van der Waals surface area contributed by atoms with Gasteiger partial charge in [-0.1, -0.05) is 0 Å². The number of nitrogens with zero attached hydrogens (tertiary/aromatic N) is 4. The smallest absolute Gasteiger partial charge is 0.270 e. The molecule has 2 aliphatic heterocycles. The van der Waals surface area contributed by atoms with Crippen molar-refractivity contribution in [3.05, 3.63) is 42.4 Å². The minimum atomic E-state index is -0.0964. The van der Waals surface area contributed by atoms with E-state index >= 15 is 0 Å². The molecular weight excluding hydrogens is 398 g/mol. The molecule has 0 saturated carbocycles. The van der Waals surface area contributed by atoms with Gasteiger partial charge in [-0.3, -0.25) is 4.79 Å². The molecule has 1 atom stereocenters. The molecule has 2 saturated heterocycles. The van der Waals surface area contributed by atoms with E-state index in [0.717, 1.165) is 42.0 Å². The Morgan fingerprint density at radius 3 is 2.87 bits per heavy atom. The predicted octanol–water partition coefficient (Wildman–Crippen LogP) is 2.10. The van der Waals surface area contributed by atoms with Crippen LogP contribution >= 0.6 is 0 Å². The van der Waals surface area contributed by atoms with Crippen LogP contribution in [0, 0.1) is 0 Å². The third kappa shape index (κ3) is 4.13. The molecule has 3 aromatic rings. The van der Waals surface area contributed by atoms with E-state index in [1.165, 1.54) is 6.33 Å². The number of methoxy groups -OCH3 is 1. The molecule has 4 heterocycles. The van der Waals surface area contributed by atoms with Gasteiger partial charge in [-0.2, -0.15) is 0 Å². The number of aromatic amines is 1. The van der Waals surface area contributed by atoms with Crippen LogP contribution in [0.15, 0.2) is 36.7 Å². The second-order valence-corrected chi connectivity index (χ2v) is 7.73. The van der Waals surface area contributed by atoms with Crippen molar-refractivity contribution in [2.24, 2.45) is 0 Å². The van der Waals surface area contributed by atoms with Gasteiger partial charge in [0.25, 0.3) is 5.91 Å². The SMILES string of the molecule is COc1ccc2cc(C(=O)N3CCC(Oc4cc(N5CCOCC5)ncn4)C3)[nH]c2c1. The number of carbonyl (C=O) groups excluding carboxylic acids is 1. The number of rotatable bonds is 5. The van der Waals surface area contributed by atoms with Gasteiger partial charge in [-0.15, -0.1) is 0 Å². The number of H-pyrrole nitrogens is 1. The van der Waals surface area contributed by atoms with Crippen LogP contribution in [0.25, 0.3) is 10.9 Å². The Bertz CT molecular complexity index is 1080. The highest BCUT2D eigenvalue weighted by atomic mass is 16.5. The molecule has 0 bridgehead atoms. The van der Waals surface area contributed by atoms with Crippen LogP contribution in [0.5, 0.6) is 11.6 Å². The van der Waals surface area contributed by atoms with Crippen molar-refractivity contribution in [3.63, 3.8) is 0 Å². The van der Waals surface area contributed by atoms with Gasteiger partial charge in [0.05, 0.1) is 26.9 Å². The average Bonchev–Trinajstić information content (AvgIpc) is 3.46. The van der Waals surface area contributed by atoms with Gasteiger partial charge in [0.1, 0.15) is 29.7 Å². The highest BCUT2D eigenvalue weighted by Gasteiger charge is 2.29. The van der Waals surface area contributed by atoms with Gasteiger partial charge in [0.15, 0.2) is 0 Å². The number of amides is 1. The lowest BCUT2D eigenvalue weighted by molar-refractivity contribution is 0.0766. The molecule has 9 nitrogen and oxygen atoms in total. The zero-order chi connectivity index (χ0) is 21.2. The van der Waals surface area contributed by atoms with Crippen LogP contribution in [0.2, 0.25) is 0 Å². The maximum atomic E-state index is 13.0. The van der Waals surface area contributed by atoms with E-state index in [2.05, 4.69) is 19.9 Å². The molecule has 162 valence electrons. The van der Waals surface area contributed by atoms with Gasteiger partial charge in [0.2, 0.25) is 5.88 Å². The van der Waals surface area contributed by atoms with Crippen molar-refractivity contribution < 1.29 is 19.0 Å². The second kappa shape index (κ2) is 8.43. The van der Waals surface area contributed by atoms with E-state index in [1.54, 1.807) is 7.11 Å². The Labute approximate surface area is 179 Å². The number of aromatic nitrogens is 3. The van der Waals surface area contributed by atoms with Crippen LogP contribution in [0.1, 0.15) is 16.9 Å². The molecule has 0 radical (unpaired) electrons. The average molecular weight is 423 g/mol. The minimum absolute atomic E-state index is 0.0297. The molecule has 0 spiro atoms. The summed E-state index contributed by atoms with van der Waals surface area (Å²) in [6, 6.07) is 9.46. The number of benzene rings is 1. The second-order valence-electron chi connectivity index (χ2n) is 7.73. The molecule has 9 heteroatoms. The van der Waals surface area contributed by atoms with Crippen molar-refractivity contribution in [2.75, 3.05) is 51.4 Å². The molecule has 2 fully saturated rings. The first kappa shape index (κ1) is 19.6.